The van der Waals surface area contributed by atoms with Gasteiger partial charge in [-0.15, -0.1) is 11.3 Å². The highest BCUT2D eigenvalue weighted by Crippen LogP contribution is 2.16. The molecule has 0 saturated heterocycles. The number of nitrogens with zero attached hydrogens (tertiary/aromatic N) is 1. The van der Waals surface area contributed by atoms with Gasteiger partial charge in [0.2, 0.25) is 0 Å². The number of nitriles is 1. The van der Waals surface area contributed by atoms with E-state index in [9.17, 15) is 5.26 Å². The van der Waals surface area contributed by atoms with Crippen LogP contribution in [0.4, 0.5) is 0 Å². The maximum Gasteiger partial charge on any atom is 0.104 e. The molecule has 2 nitrogen and oxygen atoms in total. The van der Waals surface area contributed by atoms with Gasteiger partial charge in [0.25, 0.3) is 0 Å². The molecule has 17 heavy (non-hydrogen) atoms. The van der Waals surface area contributed by atoms with Crippen molar-refractivity contribution in [1.29, 1.82) is 5.26 Å². The second-order valence-electron chi connectivity index (χ2n) is 4.69. The van der Waals surface area contributed by atoms with Crippen LogP contribution in [0.15, 0.2) is 17.5 Å². The standard InChI is InChI=1S/C14H22N2S/c1-3-4-5-6-9-14(2,12-15)16-11-13-8-7-10-17-13/h7-8,10,16H,3-6,9,11H2,1-2H3. The molecule has 1 N–H and O–H groups in total. The number of hydrogen-bond donors (Lipinski definition) is 1. The fourth-order valence-corrected chi connectivity index (χ4v) is 2.43. The maximum atomic E-state index is 9.26. The van der Waals surface area contributed by atoms with Crippen molar-refractivity contribution >= 4 is 11.3 Å². The van der Waals surface area contributed by atoms with Gasteiger partial charge in [-0.1, -0.05) is 38.7 Å². The maximum absolute atomic E-state index is 9.26. The van der Waals surface area contributed by atoms with Crippen LogP contribution in [0.1, 0.15) is 50.8 Å². The normalized spacial score (nSPS) is 14.2. The first-order chi connectivity index (χ1) is 8.20. The highest BCUT2D eigenvalue weighted by molar-refractivity contribution is 7.09. The van der Waals surface area contributed by atoms with Gasteiger partial charge in [0, 0.05) is 11.4 Å². The molecule has 1 aromatic rings. The molecule has 1 aromatic heterocycles. The van der Waals surface area contributed by atoms with Crippen LogP contribution < -0.4 is 5.32 Å². The predicted octanol–water partition coefficient (Wildman–Crippen LogP) is 4.09. The van der Waals surface area contributed by atoms with E-state index >= 15 is 0 Å². The van der Waals surface area contributed by atoms with Crippen LogP contribution in [0.2, 0.25) is 0 Å². The van der Waals surface area contributed by atoms with Crippen molar-refractivity contribution in [2.24, 2.45) is 0 Å². The molecular weight excluding hydrogens is 228 g/mol. The first kappa shape index (κ1) is 14.2. The molecule has 1 atom stereocenters. The number of hydrogen-bond acceptors (Lipinski definition) is 3. The summed E-state index contributed by atoms with van der Waals surface area (Å²) in [6.07, 6.45) is 5.82. The van der Waals surface area contributed by atoms with E-state index in [1.54, 1.807) is 11.3 Å². The molecule has 0 saturated carbocycles. The molecule has 1 unspecified atom stereocenters. The van der Waals surface area contributed by atoms with Gasteiger partial charge < -0.3 is 0 Å². The first-order valence-electron chi connectivity index (χ1n) is 6.39. The monoisotopic (exact) mass is 250 g/mol. The Morgan fingerprint density at radius 2 is 2.24 bits per heavy atom. The summed E-state index contributed by atoms with van der Waals surface area (Å²) in [4.78, 5) is 1.29. The summed E-state index contributed by atoms with van der Waals surface area (Å²) in [5, 5.41) is 14.7. The quantitative estimate of drug-likeness (QED) is 0.705. The second-order valence-corrected chi connectivity index (χ2v) is 5.72. The average Bonchev–Trinajstić information content (AvgIpc) is 2.85. The zero-order chi connectivity index (χ0) is 12.6. The molecule has 0 spiro atoms. The molecule has 3 heteroatoms. The van der Waals surface area contributed by atoms with Gasteiger partial charge in [-0.2, -0.15) is 5.26 Å². The van der Waals surface area contributed by atoms with E-state index in [2.05, 4.69) is 29.8 Å². The molecule has 1 heterocycles. The molecule has 0 bridgehead atoms. The summed E-state index contributed by atoms with van der Waals surface area (Å²) in [6.45, 7) is 5.01. The minimum atomic E-state index is -0.377. The molecule has 0 aliphatic carbocycles. The summed E-state index contributed by atoms with van der Waals surface area (Å²) >= 11 is 1.73. The SMILES string of the molecule is CCCCCCC(C)(C#N)NCc1cccs1. The Kier molecular flexibility index (Phi) is 6.25. The summed E-state index contributed by atoms with van der Waals surface area (Å²) in [5.74, 6) is 0. The van der Waals surface area contributed by atoms with E-state index in [1.165, 1.54) is 24.1 Å². The predicted molar refractivity (Wildman–Crippen MR) is 73.9 cm³/mol. The van der Waals surface area contributed by atoms with Crippen molar-refractivity contribution < 1.29 is 0 Å². The van der Waals surface area contributed by atoms with Crippen LogP contribution in [-0.4, -0.2) is 5.54 Å². The van der Waals surface area contributed by atoms with E-state index in [0.717, 1.165) is 19.4 Å². The molecule has 0 aliphatic heterocycles. The van der Waals surface area contributed by atoms with Crippen molar-refractivity contribution in [3.05, 3.63) is 22.4 Å². The zero-order valence-electron chi connectivity index (χ0n) is 10.8. The Labute approximate surface area is 109 Å². The van der Waals surface area contributed by atoms with E-state index in [1.807, 2.05) is 13.0 Å². The smallest absolute Gasteiger partial charge is 0.104 e. The Balaban J connectivity index is 2.32. The highest BCUT2D eigenvalue weighted by Gasteiger charge is 2.22. The largest absolute Gasteiger partial charge is 0.295 e. The fourth-order valence-electron chi connectivity index (χ4n) is 1.78. The number of rotatable bonds is 8. The first-order valence-corrected chi connectivity index (χ1v) is 7.27. The Morgan fingerprint density at radius 1 is 1.41 bits per heavy atom. The molecule has 0 radical (unpaired) electrons. The summed E-state index contributed by atoms with van der Waals surface area (Å²) in [6, 6.07) is 6.56. The van der Waals surface area contributed by atoms with Crippen LogP contribution in [-0.2, 0) is 6.54 Å². The third-order valence-electron chi connectivity index (χ3n) is 3.01. The van der Waals surface area contributed by atoms with Gasteiger partial charge in [0.1, 0.15) is 5.54 Å². The lowest BCUT2D eigenvalue weighted by Gasteiger charge is -2.22. The Bertz CT molecular complexity index is 340. The van der Waals surface area contributed by atoms with Gasteiger partial charge in [-0.25, -0.2) is 0 Å². The highest BCUT2D eigenvalue weighted by atomic mass is 32.1. The van der Waals surface area contributed by atoms with E-state index in [0.29, 0.717) is 0 Å². The molecule has 0 fully saturated rings. The third kappa shape index (κ3) is 5.34. The number of thiophene rings is 1. The summed E-state index contributed by atoms with van der Waals surface area (Å²) in [7, 11) is 0. The molecule has 0 amide bonds. The van der Waals surface area contributed by atoms with Gasteiger partial charge >= 0.3 is 0 Å². The van der Waals surface area contributed by atoms with Crippen molar-refractivity contribution in [2.75, 3.05) is 0 Å². The zero-order valence-corrected chi connectivity index (χ0v) is 11.6. The second kappa shape index (κ2) is 7.47. The van der Waals surface area contributed by atoms with E-state index in [4.69, 9.17) is 0 Å². The number of nitrogens with one attached hydrogen (secondary N) is 1. The van der Waals surface area contributed by atoms with Gasteiger partial charge in [0.05, 0.1) is 6.07 Å². The minimum Gasteiger partial charge on any atom is -0.295 e. The number of unbranched alkanes of at least 4 members (excludes halogenated alkanes) is 3. The van der Waals surface area contributed by atoms with Crippen LogP contribution in [0.25, 0.3) is 0 Å². The van der Waals surface area contributed by atoms with Crippen molar-refractivity contribution in [3.8, 4) is 6.07 Å². The van der Waals surface area contributed by atoms with Crippen molar-refractivity contribution in [2.45, 2.75) is 58.0 Å². The van der Waals surface area contributed by atoms with Crippen LogP contribution in [0.3, 0.4) is 0 Å². The Morgan fingerprint density at radius 3 is 2.82 bits per heavy atom. The summed E-state index contributed by atoms with van der Waals surface area (Å²) in [5.41, 5.74) is -0.377. The van der Waals surface area contributed by atoms with Crippen molar-refractivity contribution in [1.82, 2.24) is 5.32 Å². The minimum absolute atomic E-state index is 0.377. The molecule has 0 aliphatic rings. The van der Waals surface area contributed by atoms with Gasteiger partial charge in [-0.3, -0.25) is 5.32 Å². The van der Waals surface area contributed by atoms with Crippen LogP contribution >= 0.6 is 11.3 Å². The molecular formula is C14H22N2S. The molecule has 94 valence electrons. The lowest BCUT2D eigenvalue weighted by atomic mass is 9.95. The van der Waals surface area contributed by atoms with Crippen molar-refractivity contribution in [3.63, 3.8) is 0 Å². The lowest BCUT2D eigenvalue weighted by molar-refractivity contribution is 0.398. The molecule has 0 aromatic carbocycles. The van der Waals surface area contributed by atoms with E-state index < -0.39 is 0 Å². The average molecular weight is 250 g/mol. The van der Waals surface area contributed by atoms with Gasteiger partial charge in [0.15, 0.2) is 0 Å². The van der Waals surface area contributed by atoms with E-state index in [-0.39, 0.29) is 5.54 Å². The topological polar surface area (TPSA) is 35.8 Å². The van der Waals surface area contributed by atoms with Gasteiger partial charge in [-0.05, 0) is 24.8 Å². The lowest BCUT2D eigenvalue weighted by Crippen LogP contribution is -2.40. The Hall–Kier alpha value is -0.850. The fraction of sp³-hybridized carbons (Fsp3) is 0.643. The molecule has 1 rings (SSSR count). The van der Waals surface area contributed by atoms with Crippen LogP contribution in [0.5, 0.6) is 0 Å². The summed E-state index contributed by atoms with van der Waals surface area (Å²) < 4.78 is 0. The van der Waals surface area contributed by atoms with Crippen LogP contribution in [0, 0.1) is 11.3 Å². The third-order valence-corrected chi connectivity index (χ3v) is 3.89.